The maximum atomic E-state index is 12.3. The second kappa shape index (κ2) is 11.0. The zero-order chi connectivity index (χ0) is 20.4. The summed E-state index contributed by atoms with van der Waals surface area (Å²) in [4.78, 5) is 25.0. The third-order valence-electron chi connectivity index (χ3n) is 4.30. The lowest BCUT2D eigenvalue weighted by Crippen LogP contribution is -2.27. The van der Waals surface area contributed by atoms with Gasteiger partial charge in [0.05, 0.1) is 19.6 Å². The molecular weight excluding hydrogens is 356 g/mol. The number of benzene rings is 2. The number of ether oxygens (including phenoxy) is 2. The third-order valence-corrected chi connectivity index (χ3v) is 4.30. The Kier molecular flexibility index (Phi) is 8.34. The van der Waals surface area contributed by atoms with Gasteiger partial charge < -0.3 is 19.7 Å². The molecule has 2 aromatic rings. The molecule has 0 spiro atoms. The quantitative estimate of drug-likeness (QED) is 0.720. The molecule has 0 atom stereocenters. The Morgan fingerprint density at radius 1 is 0.964 bits per heavy atom. The topological polar surface area (TPSA) is 67.9 Å². The van der Waals surface area contributed by atoms with Crippen molar-refractivity contribution in [2.45, 2.75) is 26.3 Å². The van der Waals surface area contributed by atoms with Crippen LogP contribution < -0.4 is 10.1 Å². The van der Waals surface area contributed by atoms with E-state index in [1.165, 1.54) is 12.6 Å². The van der Waals surface area contributed by atoms with Gasteiger partial charge in [-0.15, -0.1) is 0 Å². The lowest BCUT2D eigenvalue weighted by atomic mass is 10.1. The van der Waals surface area contributed by atoms with E-state index in [0.717, 1.165) is 16.9 Å². The SMILES string of the molecule is CNC(=O)OCCc1ccc(CN(C)C(=O)CCOc2ccc(C)cc2)cc1. The molecule has 0 aliphatic carbocycles. The second-order valence-electron chi connectivity index (χ2n) is 6.61. The van der Waals surface area contributed by atoms with Gasteiger partial charge in [0.1, 0.15) is 5.75 Å². The van der Waals surface area contributed by atoms with Gasteiger partial charge in [0.2, 0.25) is 5.91 Å². The van der Waals surface area contributed by atoms with Gasteiger partial charge in [-0.3, -0.25) is 4.79 Å². The number of hydrogen-bond acceptors (Lipinski definition) is 4. The van der Waals surface area contributed by atoms with E-state index in [9.17, 15) is 9.59 Å². The van der Waals surface area contributed by atoms with E-state index in [1.54, 1.807) is 11.9 Å². The molecule has 0 fully saturated rings. The van der Waals surface area contributed by atoms with Crippen LogP contribution in [0.4, 0.5) is 4.79 Å². The molecule has 0 saturated heterocycles. The van der Waals surface area contributed by atoms with Crippen molar-refractivity contribution >= 4 is 12.0 Å². The number of nitrogens with one attached hydrogen (secondary N) is 1. The summed E-state index contributed by atoms with van der Waals surface area (Å²) in [6.45, 7) is 3.25. The van der Waals surface area contributed by atoms with Crippen LogP contribution in [0.3, 0.4) is 0 Å². The summed E-state index contributed by atoms with van der Waals surface area (Å²) in [5, 5.41) is 2.41. The summed E-state index contributed by atoms with van der Waals surface area (Å²) >= 11 is 0. The van der Waals surface area contributed by atoms with Crippen molar-refractivity contribution in [1.29, 1.82) is 0 Å². The van der Waals surface area contributed by atoms with Crippen molar-refractivity contribution < 1.29 is 19.1 Å². The Hall–Kier alpha value is -3.02. The highest BCUT2D eigenvalue weighted by Gasteiger charge is 2.10. The molecule has 0 aliphatic rings. The van der Waals surface area contributed by atoms with Gasteiger partial charge in [-0.1, -0.05) is 42.0 Å². The maximum Gasteiger partial charge on any atom is 0.406 e. The van der Waals surface area contributed by atoms with Gasteiger partial charge in [0, 0.05) is 27.1 Å². The molecule has 2 aromatic carbocycles. The predicted octanol–water partition coefficient (Wildman–Crippen LogP) is 3.32. The Labute approximate surface area is 166 Å². The number of carbonyl (C=O) groups excluding carboxylic acids is 2. The average Bonchev–Trinajstić information content (AvgIpc) is 2.70. The Bertz CT molecular complexity index is 757. The number of alkyl carbamates (subject to hydrolysis) is 1. The van der Waals surface area contributed by atoms with Crippen LogP contribution in [0.2, 0.25) is 0 Å². The maximum absolute atomic E-state index is 12.3. The molecule has 2 rings (SSSR count). The van der Waals surface area contributed by atoms with Crippen LogP contribution in [0, 0.1) is 6.92 Å². The number of carbonyl (C=O) groups is 2. The van der Waals surface area contributed by atoms with Crippen LogP contribution in [0.15, 0.2) is 48.5 Å². The highest BCUT2D eigenvalue weighted by Crippen LogP contribution is 2.12. The van der Waals surface area contributed by atoms with Gasteiger partial charge in [-0.2, -0.15) is 0 Å². The van der Waals surface area contributed by atoms with Crippen molar-refractivity contribution in [3.63, 3.8) is 0 Å². The van der Waals surface area contributed by atoms with Crippen LogP contribution in [0.25, 0.3) is 0 Å². The van der Waals surface area contributed by atoms with E-state index in [2.05, 4.69) is 5.32 Å². The summed E-state index contributed by atoms with van der Waals surface area (Å²) in [6, 6.07) is 15.7. The third kappa shape index (κ3) is 7.31. The number of amides is 2. The molecule has 2 amide bonds. The van der Waals surface area contributed by atoms with Crippen molar-refractivity contribution in [3.05, 3.63) is 65.2 Å². The monoisotopic (exact) mass is 384 g/mol. The first-order chi connectivity index (χ1) is 13.5. The minimum Gasteiger partial charge on any atom is -0.493 e. The van der Waals surface area contributed by atoms with Crippen molar-refractivity contribution in [3.8, 4) is 5.75 Å². The smallest absolute Gasteiger partial charge is 0.406 e. The normalized spacial score (nSPS) is 10.2. The molecule has 0 saturated carbocycles. The zero-order valence-electron chi connectivity index (χ0n) is 16.7. The van der Waals surface area contributed by atoms with E-state index in [-0.39, 0.29) is 5.91 Å². The minimum atomic E-state index is -0.428. The standard InChI is InChI=1S/C22H28N2O4/c1-17-4-10-20(11-5-17)27-15-13-21(25)24(3)16-19-8-6-18(7-9-19)12-14-28-22(26)23-2/h4-11H,12-16H2,1-3H3,(H,23,26). The molecule has 1 N–H and O–H groups in total. The van der Waals surface area contributed by atoms with E-state index in [0.29, 0.717) is 32.6 Å². The molecule has 0 unspecified atom stereocenters. The number of nitrogens with zero attached hydrogens (tertiary/aromatic N) is 1. The summed E-state index contributed by atoms with van der Waals surface area (Å²) in [5.41, 5.74) is 3.30. The first-order valence-corrected chi connectivity index (χ1v) is 9.33. The zero-order valence-corrected chi connectivity index (χ0v) is 16.7. The molecule has 6 nitrogen and oxygen atoms in total. The molecule has 0 aliphatic heterocycles. The van der Waals surface area contributed by atoms with Gasteiger partial charge in [-0.25, -0.2) is 4.79 Å². The van der Waals surface area contributed by atoms with Crippen LogP contribution in [0.5, 0.6) is 5.75 Å². The highest BCUT2D eigenvalue weighted by molar-refractivity contribution is 5.76. The van der Waals surface area contributed by atoms with Crippen LogP contribution >= 0.6 is 0 Å². The molecular formula is C22H28N2O4. The van der Waals surface area contributed by atoms with E-state index >= 15 is 0 Å². The Morgan fingerprint density at radius 3 is 2.25 bits per heavy atom. The van der Waals surface area contributed by atoms with E-state index in [4.69, 9.17) is 9.47 Å². The fourth-order valence-electron chi connectivity index (χ4n) is 2.59. The number of rotatable bonds is 9. The molecule has 0 bridgehead atoms. The number of hydrogen-bond donors (Lipinski definition) is 1. The molecule has 0 radical (unpaired) electrons. The molecule has 0 aromatic heterocycles. The van der Waals surface area contributed by atoms with E-state index < -0.39 is 6.09 Å². The summed E-state index contributed by atoms with van der Waals surface area (Å²) in [6.07, 6.45) is 0.557. The van der Waals surface area contributed by atoms with Gasteiger partial charge in [0.25, 0.3) is 0 Å². The van der Waals surface area contributed by atoms with Gasteiger partial charge in [0.15, 0.2) is 0 Å². The Morgan fingerprint density at radius 2 is 1.61 bits per heavy atom. The van der Waals surface area contributed by atoms with Gasteiger partial charge in [-0.05, 0) is 30.2 Å². The fraction of sp³-hybridized carbons (Fsp3) is 0.364. The van der Waals surface area contributed by atoms with Crippen LogP contribution in [-0.4, -0.2) is 44.2 Å². The highest BCUT2D eigenvalue weighted by atomic mass is 16.5. The molecule has 28 heavy (non-hydrogen) atoms. The summed E-state index contributed by atoms with van der Waals surface area (Å²) in [5.74, 6) is 0.812. The predicted molar refractivity (Wildman–Crippen MR) is 108 cm³/mol. The summed E-state index contributed by atoms with van der Waals surface area (Å²) < 4.78 is 10.6. The first kappa shape index (κ1) is 21.3. The largest absolute Gasteiger partial charge is 0.493 e. The van der Waals surface area contributed by atoms with E-state index in [1.807, 2.05) is 55.5 Å². The van der Waals surface area contributed by atoms with Gasteiger partial charge >= 0.3 is 6.09 Å². The molecule has 6 heteroatoms. The summed E-state index contributed by atoms with van der Waals surface area (Å²) in [7, 11) is 3.32. The van der Waals surface area contributed by atoms with Crippen molar-refractivity contribution in [2.24, 2.45) is 0 Å². The Balaban J connectivity index is 1.72. The second-order valence-corrected chi connectivity index (χ2v) is 6.61. The average molecular weight is 384 g/mol. The minimum absolute atomic E-state index is 0.0372. The lowest BCUT2D eigenvalue weighted by Gasteiger charge is -2.18. The van der Waals surface area contributed by atoms with Crippen molar-refractivity contribution in [2.75, 3.05) is 27.3 Å². The van der Waals surface area contributed by atoms with Crippen LogP contribution in [0.1, 0.15) is 23.1 Å². The van der Waals surface area contributed by atoms with Crippen molar-refractivity contribution in [1.82, 2.24) is 10.2 Å². The fourth-order valence-corrected chi connectivity index (χ4v) is 2.59. The molecule has 150 valence electrons. The lowest BCUT2D eigenvalue weighted by molar-refractivity contribution is -0.130. The first-order valence-electron chi connectivity index (χ1n) is 9.33. The van der Waals surface area contributed by atoms with Crippen LogP contribution in [-0.2, 0) is 22.5 Å². The number of aryl methyl sites for hydroxylation is 1. The molecule has 0 heterocycles.